The van der Waals surface area contributed by atoms with Crippen molar-refractivity contribution in [3.05, 3.63) is 58.1 Å². The molecule has 1 aliphatic carbocycles. The largest absolute Gasteiger partial charge is 0.491 e. The summed E-state index contributed by atoms with van der Waals surface area (Å²) in [5.41, 5.74) is 1.18. The van der Waals surface area contributed by atoms with Crippen molar-refractivity contribution in [1.29, 1.82) is 0 Å². The number of nitrogens with zero attached hydrogens (tertiary/aromatic N) is 1. The molecule has 1 amide bonds. The van der Waals surface area contributed by atoms with E-state index in [1.165, 1.54) is 6.07 Å². The lowest BCUT2D eigenvalue weighted by Gasteiger charge is -2.11. The number of carbonyl (C=O) groups is 1. The average molecular weight is 355 g/mol. The molecule has 0 atom stereocenters. The lowest BCUT2D eigenvalue weighted by atomic mass is 10.1. The zero-order valence-corrected chi connectivity index (χ0v) is 14.7. The first-order valence-corrected chi connectivity index (χ1v) is 8.55. The summed E-state index contributed by atoms with van der Waals surface area (Å²) in [6.07, 6.45) is 2.09. The maximum Gasteiger partial charge on any atom is 0.293 e. The van der Waals surface area contributed by atoms with Crippen LogP contribution in [0.3, 0.4) is 0 Å². The second kappa shape index (κ2) is 7.43. The number of benzene rings is 2. The number of nitro groups is 1. The number of nitro benzene ring substituents is 1. The zero-order chi connectivity index (χ0) is 18.7. The molecule has 0 spiro atoms. The Morgan fingerprint density at radius 1 is 1.19 bits per heavy atom. The number of hydrogen-bond donors (Lipinski definition) is 2. The lowest BCUT2D eigenvalue weighted by molar-refractivity contribution is -0.384. The molecule has 1 aliphatic rings. The van der Waals surface area contributed by atoms with Crippen molar-refractivity contribution < 1.29 is 14.5 Å². The van der Waals surface area contributed by atoms with Crippen LogP contribution in [0.2, 0.25) is 0 Å². The zero-order valence-electron chi connectivity index (χ0n) is 14.7. The van der Waals surface area contributed by atoms with Gasteiger partial charge in [0.15, 0.2) is 0 Å². The van der Waals surface area contributed by atoms with E-state index in [4.69, 9.17) is 4.74 Å². The molecule has 0 radical (unpaired) electrons. The summed E-state index contributed by atoms with van der Waals surface area (Å²) in [6.45, 7) is 3.87. The fourth-order valence-corrected chi connectivity index (χ4v) is 2.49. The van der Waals surface area contributed by atoms with Gasteiger partial charge in [-0.25, -0.2) is 0 Å². The molecule has 2 aromatic rings. The second-order valence-corrected chi connectivity index (χ2v) is 6.55. The van der Waals surface area contributed by atoms with Crippen molar-refractivity contribution in [3.8, 4) is 5.75 Å². The van der Waals surface area contributed by atoms with Crippen molar-refractivity contribution in [3.63, 3.8) is 0 Å². The monoisotopic (exact) mass is 355 g/mol. The average Bonchev–Trinajstić information content (AvgIpc) is 3.40. The summed E-state index contributed by atoms with van der Waals surface area (Å²) in [7, 11) is 0. The molecule has 3 rings (SSSR count). The molecule has 1 fully saturated rings. The molecule has 2 aromatic carbocycles. The fourth-order valence-electron chi connectivity index (χ4n) is 2.49. The summed E-state index contributed by atoms with van der Waals surface area (Å²) in [6, 6.07) is 11.8. The molecular weight excluding hydrogens is 334 g/mol. The van der Waals surface area contributed by atoms with E-state index in [1.807, 2.05) is 13.8 Å². The molecule has 7 nitrogen and oxygen atoms in total. The molecular formula is C19H21N3O4. The molecule has 0 aliphatic heterocycles. The van der Waals surface area contributed by atoms with E-state index < -0.39 is 10.8 Å². The van der Waals surface area contributed by atoms with Crippen LogP contribution in [-0.4, -0.2) is 23.0 Å². The third-order valence-electron chi connectivity index (χ3n) is 3.88. The van der Waals surface area contributed by atoms with Crippen molar-refractivity contribution >= 4 is 23.0 Å². The van der Waals surface area contributed by atoms with Crippen LogP contribution in [0.5, 0.6) is 5.75 Å². The van der Waals surface area contributed by atoms with Crippen LogP contribution < -0.4 is 15.4 Å². The van der Waals surface area contributed by atoms with Gasteiger partial charge in [-0.05, 0) is 63.1 Å². The summed E-state index contributed by atoms with van der Waals surface area (Å²) in [5, 5.41) is 17.2. The molecule has 0 unspecified atom stereocenters. The molecule has 0 bridgehead atoms. The highest BCUT2D eigenvalue weighted by Gasteiger charge is 2.25. The van der Waals surface area contributed by atoms with E-state index in [9.17, 15) is 14.9 Å². The first-order valence-electron chi connectivity index (χ1n) is 8.55. The van der Waals surface area contributed by atoms with Crippen LogP contribution >= 0.6 is 0 Å². The van der Waals surface area contributed by atoms with Gasteiger partial charge in [0.2, 0.25) is 0 Å². The van der Waals surface area contributed by atoms with Gasteiger partial charge in [-0.15, -0.1) is 0 Å². The van der Waals surface area contributed by atoms with Crippen LogP contribution in [-0.2, 0) is 0 Å². The first-order chi connectivity index (χ1) is 12.4. The van der Waals surface area contributed by atoms with Crippen molar-refractivity contribution in [2.75, 3.05) is 10.6 Å². The van der Waals surface area contributed by atoms with Gasteiger partial charge in [-0.2, -0.15) is 0 Å². The molecule has 7 heteroatoms. The van der Waals surface area contributed by atoms with E-state index in [0.717, 1.165) is 12.8 Å². The first kappa shape index (κ1) is 17.7. The summed E-state index contributed by atoms with van der Waals surface area (Å²) < 4.78 is 5.56. The van der Waals surface area contributed by atoms with Gasteiger partial charge in [0, 0.05) is 23.4 Å². The van der Waals surface area contributed by atoms with E-state index in [0.29, 0.717) is 23.2 Å². The molecule has 2 N–H and O–H groups in total. The minimum atomic E-state index is -0.473. The normalized spacial score (nSPS) is 13.3. The molecule has 0 aromatic heterocycles. The number of rotatable bonds is 7. The van der Waals surface area contributed by atoms with Gasteiger partial charge >= 0.3 is 0 Å². The highest BCUT2D eigenvalue weighted by atomic mass is 16.6. The predicted octanol–water partition coefficient (Wildman–Crippen LogP) is 4.21. The molecule has 26 heavy (non-hydrogen) atoms. The predicted molar refractivity (Wildman–Crippen MR) is 99.9 cm³/mol. The van der Waals surface area contributed by atoms with Crippen LogP contribution in [0.25, 0.3) is 0 Å². The van der Waals surface area contributed by atoms with E-state index >= 15 is 0 Å². The number of hydrogen-bond acceptors (Lipinski definition) is 5. The number of ether oxygens (including phenoxy) is 1. The second-order valence-electron chi connectivity index (χ2n) is 6.55. The lowest BCUT2D eigenvalue weighted by Crippen LogP contribution is -2.13. The minimum Gasteiger partial charge on any atom is -0.491 e. The van der Waals surface area contributed by atoms with E-state index in [1.54, 1.807) is 36.4 Å². The Morgan fingerprint density at radius 3 is 2.46 bits per heavy atom. The third-order valence-corrected chi connectivity index (χ3v) is 3.88. The minimum absolute atomic E-state index is 0.0683. The van der Waals surface area contributed by atoms with E-state index in [2.05, 4.69) is 10.6 Å². The summed E-state index contributed by atoms with van der Waals surface area (Å²) in [5.74, 6) is 0.313. The van der Waals surface area contributed by atoms with Crippen molar-refractivity contribution in [2.45, 2.75) is 38.8 Å². The number of carbonyl (C=O) groups excluding carboxylic acids is 1. The smallest absolute Gasteiger partial charge is 0.293 e. The number of nitrogens with one attached hydrogen (secondary N) is 2. The van der Waals surface area contributed by atoms with Crippen molar-refractivity contribution in [2.24, 2.45) is 0 Å². The van der Waals surface area contributed by atoms with Crippen LogP contribution in [0, 0.1) is 10.1 Å². The highest BCUT2D eigenvalue weighted by molar-refractivity contribution is 6.05. The Hall–Kier alpha value is -3.09. The Bertz CT molecular complexity index is 814. The molecule has 0 saturated heterocycles. The standard InChI is InChI=1S/C19H21N3O4/c1-12(2)26-16-8-6-15(7-9-16)21-19(23)13-3-10-17(20-14-4-5-14)18(11-13)22(24)25/h3,6-12,14,20H,4-5H2,1-2H3,(H,21,23). The van der Waals surface area contributed by atoms with Crippen LogP contribution in [0.4, 0.5) is 17.1 Å². The topological polar surface area (TPSA) is 93.5 Å². The van der Waals surface area contributed by atoms with Gasteiger partial charge < -0.3 is 15.4 Å². The van der Waals surface area contributed by atoms with Gasteiger partial charge in [0.25, 0.3) is 11.6 Å². The van der Waals surface area contributed by atoms with Gasteiger partial charge in [0.1, 0.15) is 11.4 Å². The van der Waals surface area contributed by atoms with Gasteiger partial charge in [-0.3, -0.25) is 14.9 Å². The molecule has 136 valence electrons. The molecule has 0 heterocycles. The van der Waals surface area contributed by atoms with Gasteiger partial charge in [0.05, 0.1) is 11.0 Å². The Labute approximate surface area is 151 Å². The van der Waals surface area contributed by atoms with E-state index in [-0.39, 0.29) is 17.4 Å². The fraction of sp³-hybridized carbons (Fsp3) is 0.316. The third kappa shape index (κ3) is 4.50. The molecule has 1 saturated carbocycles. The van der Waals surface area contributed by atoms with Gasteiger partial charge in [-0.1, -0.05) is 0 Å². The van der Waals surface area contributed by atoms with Crippen LogP contribution in [0.1, 0.15) is 37.0 Å². The summed E-state index contributed by atoms with van der Waals surface area (Å²) >= 11 is 0. The Balaban J connectivity index is 1.72. The summed E-state index contributed by atoms with van der Waals surface area (Å²) in [4.78, 5) is 23.2. The Kier molecular flexibility index (Phi) is 5.06. The highest BCUT2D eigenvalue weighted by Crippen LogP contribution is 2.31. The Morgan fingerprint density at radius 2 is 1.88 bits per heavy atom. The maximum atomic E-state index is 12.4. The SMILES string of the molecule is CC(C)Oc1ccc(NC(=O)c2ccc(NC3CC3)c([N+](=O)[O-])c2)cc1. The van der Waals surface area contributed by atoms with Crippen LogP contribution in [0.15, 0.2) is 42.5 Å². The number of amides is 1. The maximum absolute atomic E-state index is 12.4. The quantitative estimate of drug-likeness (QED) is 0.573. The van der Waals surface area contributed by atoms with Crippen molar-refractivity contribution in [1.82, 2.24) is 0 Å². The number of anilines is 2.